The summed E-state index contributed by atoms with van der Waals surface area (Å²) in [5, 5.41) is 15.4. The van der Waals surface area contributed by atoms with E-state index in [1.165, 1.54) is 12.8 Å². The zero-order valence-electron chi connectivity index (χ0n) is 8.25. The van der Waals surface area contributed by atoms with Crippen LogP contribution >= 0.6 is 0 Å². The number of carboxylic acids is 2. The van der Waals surface area contributed by atoms with Crippen LogP contribution in [0.3, 0.4) is 0 Å². The Balaban J connectivity index is -0.000000150. The van der Waals surface area contributed by atoms with Crippen molar-refractivity contribution >= 4 is 11.9 Å². The van der Waals surface area contributed by atoms with Gasteiger partial charge in [0.05, 0.1) is 0 Å². The Morgan fingerprint density at radius 3 is 1.62 bits per heavy atom. The van der Waals surface area contributed by atoms with Crippen LogP contribution in [0.2, 0.25) is 0 Å². The van der Waals surface area contributed by atoms with Gasteiger partial charge in [0.1, 0.15) is 6.42 Å². The van der Waals surface area contributed by atoms with Gasteiger partial charge in [-0.05, 0) is 0 Å². The fourth-order valence-corrected chi connectivity index (χ4v) is 0.379. The molecular weight excluding hydrogens is 183 g/mol. The first-order chi connectivity index (χ1) is 5.54. The van der Waals surface area contributed by atoms with Crippen LogP contribution in [-0.2, 0) is 9.59 Å². The van der Waals surface area contributed by atoms with Gasteiger partial charge in [0.2, 0.25) is 0 Å². The molecule has 2 N–H and O–H groups in total. The van der Waals surface area contributed by atoms with E-state index in [9.17, 15) is 9.59 Å². The first-order valence-corrected chi connectivity index (χ1v) is 3.77. The molecule has 0 rings (SSSR count). The molecule has 13 heavy (non-hydrogen) atoms. The summed E-state index contributed by atoms with van der Waals surface area (Å²) in [6.07, 6.45) is 2.85. The van der Waals surface area contributed by atoms with Crippen LogP contribution in [0.25, 0.3) is 0 Å². The van der Waals surface area contributed by atoms with Crippen LogP contribution in [-0.4, -0.2) is 22.2 Å². The van der Waals surface area contributed by atoms with Gasteiger partial charge in [0, 0.05) is 0 Å². The average molecular weight is 198 g/mol. The van der Waals surface area contributed by atoms with Crippen molar-refractivity contribution in [2.45, 2.75) is 32.6 Å². The molecule has 72 valence electrons. The molecule has 0 spiro atoms. The molecule has 0 aliphatic carbocycles. The molecule has 0 aliphatic rings. The van der Waals surface area contributed by atoms with Crippen molar-refractivity contribution in [1.82, 2.24) is 0 Å². The summed E-state index contributed by atoms with van der Waals surface area (Å²) in [7, 11) is 0. The monoisotopic (exact) mass is 198 g/mol. The van der Waals surface area contributed by atoms with Crippen molar-refractivity contribution in [3.05, 3.63) is 6.92 Å². The number of rotatable bonds is 4. The Hall–Kier alpha value is -0.0600. The second-order valence-corrected chi connectivity index (χ2v) is 2.17. The standard InChI is InChI=1S/C5H11.C3H4O4.Na/c1-3-5-4-2;4-2(5)1-3(6)7;/h1,3-5H2,2H3;1H2,(H,4,5)(H,6,7);/q-1;;+1. The summed E-state index contributed by atoms with van der Waals surface area (Å²) >= 11 is 0. The van der Waals surface area contributed by atoms with E-state index in [4.69, 9.17) is 10.2 Å². The van der Waals surface area contributed by atoms with E-state index in [1.807, 2.05) is 0 Å². The van der Waals surface area contributed by atoms with E-state index in [2.05, 4.69) is 13.8 Å². The molecule has 0 aromatic heterocycles. The van der Waals surface area contributed by atoms with Crippen LogP contribution in [0.1, 0.15) is 32.6 Å². The third-order valence-electron chi connectivity index (χ3n) is 0.906. The van der Waals surface area contributed by atoms with Gasteiger partial charge in [-0.25, -0.2) is 0 Å². The van der Waals surface area contributed by atoms with Gasteiger partial charge in [-0.3, -0.25) is 9.59 Å². The summed E-state index contributed by atoms with van der Waals surface area (Å²) in [4.78, 5) is 18.9. The van der Waals surface area contributed by atoms with Crippen LogP contribution in [0.15, 0.2) is 0 Å². The van der Waals surface area contributed by atoms with Crippen molar-refractivity contribution in [2.75, 3.05) is 0 Å². The van der Waals surface area contributed by atoms with Gasteiger partial charge in [-0.2, -0.15) is 6.42 Å². The largest absolute Gasteiger partial charge is 1.00 e. The molecule has 0 bridgehead atoms. The quantitative estimate of drug-likeness (QED) is 0.329. The Morgan fingerprint density at radius 1 is 1.23 bits per heavy atom. The predicted octanol–water partition coefficient (Wildman–Crippen LogP) is -1.44. The van der Waals surface area contributed by atoms with Crippen molar-refractivity contribution in [3.8, 4) is 0 Å². The minimum absolute atomic E-state index is 0. The Morgan fingerprint density at radius 2 is 1.62 bits per heavy atom. The van der Waals surface area contributed by atoms with E-state index in [1.54, 1.807) is 0 Å². The molecule has 0 saturated heterocycles. The van der Waals surface area contributed by atoms with Crippen LogP contribution in [0.4, 0.5) is 0 Å². The van der Waals surface area contributed by atoms with Crippen molar-refractivity contribution in [2.24, 2.45) is 0 Å². The van der Waals surface area contributed by atoms with Gasteiger partial charge in [-0.1, -0.05) is 19.8 Å². The van der Waals surface area contributed by atoms with Gasteiger partial charge in [-0.15, -0.1) is 0 Å². The van der Waals surface area contributed by atoms with Crippen LogP contribution < -0.4 is 29.6 Å². The first kappa shape index (κ1) is 18.7. The zero-order valence-corrected chi connectivity index (χ0v) is 10.2. The number of aliphatic carboxylic acids is 2. The molecule has 0 fully saturated rings. The second-order valence-electron chi connectivity index (χ2n) is 2.17. The molecule has 0 heterocycles. The smallest absolute Gasteiger partial charge is 0.481 e. The van der Waals surface area contributed by atoms with Crippen LogP contribution in [0, 0.1) is 6.92 Å². The summed E-state index contributed by atoms with van der Waals surface area (Å²) in [6.45, 7) is 5.85. The van der Waals surface area contributed by atoms with Gasteiger partial charge in [0.25, 0.3) is 0 Å². The third-order valence-corrected chi connectivity index (χ3v) is 0.906. The molecule has 4 nitrogen and oxygen atoms in total. The number of unbranched alkanes of at least 4 members (excludes halogenated alkanes) is 2. The minimum Gasteiger partial charge on any atom is -0.481 e. The summed E-state index contributed by atoms with van der Waals surface area (Å²) in [6, 6.07) is 0. The Labute approximate surface area is 101 Å². The molecule has 0 aliphatic heterocycles. The maximum atomic E-state index is 9.43. The molecule has 0 atom stereocenters. The fraction of sp³-hybridized carbons (Fsp3) is 0.625. The Kier molecular flexibility index (Phi) is 20.8. The van der Waals surface area contributed by atoms with Crippen LogP contribution in [0.5, 0.6) is 0 Å². The summed E-state index contributed by atoms with van der Waals surface area (Å²) < 4.78 is 0. The van der Waals surface area contributed by atoms with Crippen molar-refractivity contribution in [3.63, 3.8) is 0 Å². The molecule has 0 saturated carbocycles. The molecule has 0 unspecified atom stereocenters. The van der Waals surface area contributed by atoms with Crippen molar-refractivity contribution < 1.29 is 49.4 Å². The topological polar surface area (TPSA) is 74.6 Å². The molecule has 5 heteroatoms. The van der Waals surface area contributed by atoms with Gasteiger partial charge >= 0.3 is 41.5 Å². The molecule has 0 radical (unpaired) electrons. The molecule has 0 amide bonds. The van der Waals surface area contributed by atoms with Crippen molar-refractivity contribution in [1.29, 1.82) is 0 Å². The third kappa shape index (κ3) is 33.4. The number of hydrogen-bond acceptors (Lipinski definition) is 2. The number of carboxylic acid groups (broad SMARTS) is 2. The summed E-state index contributed by atoms with van der Waals surface area (Å²) in [5.74, 6) is -2.62. The second kappa shape index (κ2) is 14.5. The van der Waals surface area contributed by atoms with E-state index in [0.717, 1.165) is 6.42 Å². The van der Waals surface area contributed by atoms with E-state index in [-0.39, 0.29) is 29.6 Å². The minimum atomic E-state index is -1.31. The zero-order chi connectivity index (χ0) is 9.98. The maximum Gasteiger partial charge on any atom is 1.00 e. The average Bonchev–Trinajstić information content (AvgIpc) is 1.87. The number of hydrogen-bond donors (Lipinski definition) is 2. The normalized spacial score (nSPS) is 7.54. The SMILES string of the molecule is O=C(O)CC(=O)O.[CH2-]CCCC.[Na+]. The van der Waals surface area contributed by atoms with Gasteiger partial charge < -0.3 is 17.1 Å². The predicted molar refractivity (Wildman–Crippen MR) is 44.8 cm³/mol. The molecular formula is C8H15NaO4. The maximum absolute atomic E-state index is 9.43. The van der Waals surface area contributed by atoms with E-state index in [0.29, 0.717) is 0 Å². The van der Waals surface area contributed by atoms with E-state index < -0.39 is 18.4 Å². The Bertz CT molecular complexity index is 122. The fourth-order valence-electron chi connectivity index (χ4n) is 0.379. The van der Waals surface area contributed by atoms with E-state index >= 15 is 0 Å². The number of carbonyl (C=O) groups is 2. The first-order valence-electron chi connectivity index (χ1n) is 3.77. The summed E-state index contributed by atoms with van der Waals surface area (Å²) in [5.41, 5.74) is 0. The molecule has 0 aromatic rings. The van der Waals surface area contributed by atoms with Gasteiger partial charge in [0.15, 0.2) is 0 Å². The molecule has 0 aromatic carbocycles.